The number of H-pyrrole nitrogens is 1. The number of aryl methyl sites for hydroxylation is 1. The number of benzene rings is 1. The minimum Gasteiger partial charge on any atom is -0.325 e. The fourth-order valence-electron chi connectivity index (χ4n) is 1.85. The molecule has 0 aliphatic heterocycles. The van der Waals surface area contributed by atoms with Crippen LogP contribution in [0.2, 0.25) is 0 Å². The SMILES string of the molecule is CC(=O)c1c(C)[nH]c(=O)c2ccccc12. The van der Waals surface area contributed by atoms with Gasteiger partial charge in [-0.25, -0.2) is 0 Å². The summed E-state index contributed by atoms with van der Waals surface area (Å²) in [4.78, 5) is 25.8. The van der Waals surface area contributed by atoms with E-state index in [4.69, 9.17) is 0 Å². The van der Waals surface area contributed by atoms with Crippen molar-refractivity contribution in [1.82, 2.24) is 4.98 Å². The van der Waals surface area contributed by atoms with Crippen molar-refractivity contribution in [2.75, 3.05) is 0 Å². The Bertz CT molecular complexity index is 596. The van der Waals surface area contributed by atoms with Gasteiger partial charge in [-0.2, -0.15) is 0 Å². The quantitative estimate of drug-likeness (QED) is 0.718. The average Bonchev–Trinajstić information content (AvgIpc) is 2.17. The summed E-state index contributed by atoms with van der Waals surface area (Å²) in [5.41, 5.74) is 1.09. The summed E-state index contributed by atoms with van der Waals surface area (Å²) in [6, 6.07) is 7.14. The van der Waals surface area contributed by atoms with E-state index in [2.05, 4.69) is 4.98 Å². The third-order valence-electron chi connectivity index (χ3n) is 2.47. The predicted octanol–water partition coefficient (Wildman–Crippen LogP) is 2.04. The highest BCUT2D eigenvalue weighted by Crippen LogP contribution is 2.17. The fourth-order valence-corrected chi connectivity index (χ4v) is 1.85. The lowest BCUT2D eigenvalue weighted by molar-refractivity contribution is 0.101. The largest absolute Gasteiger partial charge is 0.325 e. The van der Waals surface area contributed by atoms with E-state index in [9.17, 15) is 9.59 Å². The van der Waals surface area contributed by atoms with Gasteiger partial charge in [0, 0.05) is 16.6 Å². The Balaban J connectivity index is 3.03. The third-order valence-corrected chi connectivity index (χ3v) is 2.47. The smallest absolute Gasteiger partial charge is 0.256 e. The summed E-state index contributed by atoms with van der Waals surface area (Å²) >= 11 is 0. The minimum atomic E-state index is -0.145. The third kappa shape index (κ3) is 1.46. The number of nitrogens with one attached hydrogen (secondary N) is 1. The van der Waals surface area contributed by atoms with Crippen molar-refractivity contribution in [2.45, 2.75) is 13.8 Å². The molecule has 1 aromatic heterocycles. The van der Waals surface area contributed by atoms with Gasteiger partial charge >= 0.3 is 0 Å². The number of pyridine rings is 1. The van der Waals surface area contributed by atoms with E-state index in [0.29, 0.717) is 16.6 Å². The molecule has 0 saturated heterocycles. The van der Waals surface area contributed by atoms with Gasteiger partial charge in [-0.05, 0) is 25.3 Å². The van der Waals surface area contributed by atoms with Crippen molar-refractivity contribution in [2.24, 2.45) is 0 Å². The van der Waals surface area contributed by atoms with Gasteiger partial charge in [-0.3, -0.25) is 9.59 Å². The van der Waals surface area contributed by atoms with Crippen LogP contribution in [0.1, 0.15) is 23.0 Å². The van der Waals surface area contributed by atoms with E-state index in [1.807, 2.05) is 6.07 Å². The fraction of sp³-hybridized carbons (Fsp3) is 0.167. The maximum Gasteiger partial charge on any atom is 0.256 e. The molecule has 3 nitrogen and oxygen atoms in total. The lowest BCUT2D eigenvalue weighted by Crippen LogP contribution is -2.12. The second kappa shape index (κ2) is 3.35. The Hall–Kier alpha value is -1.90. The highest BCUT2D eigenvalue weighted by atomic mass is 16.1. The van der Waals surface area contributed by atoms with Crippen LogP contribution in [0.5, 0.6) is 0 Å². The van der Waals surface area contributed by atoms with Crippen LogP contribution in [0, 0.1) is 6.92 Å². The number of rotatable bonds is 1. The maximum absolute atomic E-state index is 11.6. The summed E-state index contributed by atoms with van der Waals surface area (Å²) in [6.45, 7) is 3.25. The van der Waals surface area contributed by atoms with Gasteiger partial charge in [-0.1, -0.05) is 18.2 Å². The molecule has 0 unspecified atom stereocenters. The molecule has 76 valence electrons. The number of hydrogen-bond acceptors (Lipinski definition) is 2. The van der Waals surface area contributed by atoms with Crippen LogP contribution < -0.4 is 5.56 Å². The van der Waals surface area contributed by atoms with Gasteiger partial charge in [0.1, 0.15) is 0 Å². The van der Waals surface area contributed by atoms with Crippen LogP contribution >= 0.6 is 0 Å². The number of aromatic amines is 1. The molecule has 2 aromatic rings. The Morgan fingerprint density at radius 1 is 1.20 bits per heavy atom. The van der Waals surface area contributed by atoms with Crippen molar-refractivity contribution in [3.63, 3.8) is 0 Å². The van der Waals surface area contributed by atoms with Crippen LogP contribution in [-0.2, 0) is 0 Å². The summed E-state index contributed by atoms with van der Waals surface area (Å²) in [6.07, 6.45) is 0. The van der Waals surface area contributed by atoms with E-state index in [1.54, 1.807) is 25.1 Å². The van der Waals surface area contributed by atoms with Gasteiger partial charge in [0.25, 0.3) is 5.56 Å². The zero-order valence-corrected chi connectivity index (χ0v) is 8.63. The highest BCUT2D eigenvalue weighted by Gasteiger charge is 2.11. The number of aromatic nitrogens is 1. The molecule has 2 rings (SSSR count). The van der Waals surface area contributed by atoms with E-state index in [0.717, 1.165) is 5.39 Å². The second-order valence-corrected chi connectivity index (χ2v) is 3.56. The van der Waals surface area contributed by atoms with Gasteiger partial charge in [-0.15, -0.1) is 0 Å². The Labute approximate surface area is 86.8 Å². The number of ketones is 1. The van der Waals surface area contributed by atoms with Gasteiger partial charge in [0.2, 0.25) is 0 Å². The molecule has 1 N–H and O–H groups in total. The normalized spacial score (nSPS) is 10.5. The van der Waals surface area contributed by atoms with Crippen molar-refractivity contribution < 1.29 is 4.79 Å². The molecule has 0 radical (unpaired) electrons. The molecule has 15 heavy (non-hydrogen) atoms. The number of Topliss-reactive ketones (excluding diaryl/α,β-unsaturated/α-hetero) is 1. The topological polar surface area (TPSA) is 49.9 Å². The van der Waals surface area contributed by atoms with Gasteiger partial charge in [0.15, 0.2) is 5.78 Å². The zero-order valence-electron chi connectivity index (χ0n) is 8.63. The summed E-state index contributed by atoms with van der Waals surface area (Å²) < 4.78 is 0. The molecule has 0 fully saturated rings. The summed E-state index contributed by atoms with van der Waals surface area (Å²) in [7, 11) is 0. The molecule has 0 saturated carbocycles. The first kappa shape index (κ1) is 9.65. The van der Waals surface area contributed by atoms with E-state index >= 15 is 0 Å². The number of carbonyl (C=O) groups is 1. The number of carbonyl (C=O) groups excluding carboxylic acids is 1. The molecular weight excluding hydrogens is 190 g/mol. The summed E-state index contributed by atoms with van der Waals surface area (Å²) in [5, 5.41) is 1.29. The molecule has 0 atom stereocenters. The van der Waals surface area contributed by atoms with Crippen LogP contribution in [-0.4, -0.2) is 10.8 Å². The minimum absolute atomic E-state index is 0.0278. The van der Waals surface area contributed by atoms with Gasteiger partial charge in [0.05, 0.1) is 0 Å². The predicted molar refractivity (Wildman–Crippen MR) is 59.3 cm³/mol. The van der Waals surface area contributed by atoms with E-state index < -0.39 is 0 Å². The Kier molecular flexibility index (Phi) is 2.15. The highest BCUT2D eigenvalue weighted by molar-refractivity contribution is 6.07. The molecule has 1 aromatic carbocycles. The van der Waals surface area contributed by atoms with E-state index in [1.165, 1.54) is 6.92 Å². The standard InChI is InChI=1S/C12H11NO2/c1-7-11(8(2)14)9-5-3-4-6-10(9)12(15)13-7/h3-6H,1-2H3,(H,13,15). The zero-order chi connectivity index (χ0) is 11.0. The lowest BCUT2D eigenvalue weighted by Gasteiger charge is -2.06. The van der Waals surface area contributed by atoms with E-state index in [-0.39, 0.29) is 11.3 Å². The number of fused-ring (bicyclic) bond motifs is 1. The first-order chi connectivity index (χ1) is 7.11. The average molecular weight is 201 g/mol. The maximum atomic E-state index is 11.6. The Morgan fingerprint density at radius 3 is 2.40 bits per heavy atom. The molecule has 0 amide bonds. The Morgan fingerprint density at radius 2 is 1.80 bits per heavy atom. The number of hydrogen-bond donors (Lipinski definition) is 1. The van der Waals surface area contributed by atoms with Crippen LogP contribution in [0.15, 0.2) is 29.1 Å². The molecular formula is C12H11NO2. The molecule has 0 bridgehead atoms. The molecule has 3 heteroatoms. The van der Waals surface area contributed by atoms with Crippen molar-refractivity contribution >= 4 is 16.6 Å². The molecule has 1 heterocycles. The first-order valence-electron chi connectivity index (χ1n) is 4.74. The van der Waals surface area contributed by atoms with Crippen LogP contribution in [0.4, 0.5) is 0 Å². The monoisotopic (exact) mass is 201 g/mol. The lowest BCUT2D eigenvalue weighted by atomic mass is 10.0. The van der Waals surface area contributed by atoms with Crippen molar-refractivity contribution in [1.29, 1.82) is 0 Å². The van der Waals surface area contributed by atoms with Crippen LogP contribution in [0.3, 0.4) is 0 Å². The molecule has 0 spiro atoms. The van der Waals surface area contributed by atoms with Crippen molar-refractivity contribution in [3.8, 4) is 0 Å². The molecule has 0 aliphatic rings. The van der Waals surface area contributed by atoms with Gasteiger partial charge < -0.3 is 4.98 Å². The second-order valence-electron chi connectivity index (χ2n) is 3.56. The first-order valence-corrected chi connectivity index (χ1v) is 4.74. The summed E-state index contributed by atoms with van der Waals surface area (Å²) in [5.74, 6) is -0.0278. The van der Waals surface area contributed by atoms with Crippen LogP contribution in [0.25, 0.3) is 10.8 Å². The van der Waals surface area contributed by atoms with Crippen molar-refractivity contribution in [3.05, 3.63) is 45.9 Å². The molecule has 0 aliphatic carbocycles.